The van der Waals surface area contributed by atoms with Crippen LogP contribution in [0.4, 0.5) is 0 Å². The van der Waals surface area contributed by atoms with E-state index in [1.54, 1.807) is 43.8 Å². The summed E-state index contributed by atoms with van der Waals surface area (Å²) < 4.78 is 5.10. The molecule has 0 bridgehead atoms. The van der Waals surface area contributed by atoms with E-state index in [4.69, 9.17) is 16.3 Å². The summed E-state index contributed by atoms with van der Waals surface area (Å²) in [6.07, 6.45) is 3.40. The Morgan fingerprint density at radius 3 is 2.32 bits per heavy atom. The Morgan fingerprint density at radius 1 is 1.18 bits per heavy atom. The van der Waals surface area contributed by atoms with Crippen molar-refractivity contribution in [2.24, 2.45) is 0 Å². The molecule has 5 heteroatoms. The minimum absolute atomic E-state index is 0.242. The summed E-state index contributed by atoms with van der Waals surface area (Å²) in [5.74, 6) is 0.485. The number of methoxy groups -OCH3 is 1. The van der Waals surface area contributed by atoms with Gasteiger partial charge in [-0.2, -0.15) is 0 Å². The molecule has 4 nitrogen and oxygen atoms in total. The zero-order valence-electron chi connectivity index (χ0n) is 12.8. The topological polar surface area (TPSA) is 51.2 Å². The van der Waals surface area contributed by atoms with Crippen LogP contribution in [-0.2, 0) is 10.3 Å². The largest absolute Gasteiger partial charge is 0.497 e. The molecule has 0 saturated carbocycles. The van der Waals surface area contributed by atoms with Gasteiger partial charge in [0.2, 0.25) is 5.91 Å². The zero-order valence-corrected chi connectivity index (χ0v) is 13.6. The summed E-state index contributed by atoms with van der Waals surface area (Å²) in [7, 11) is 1.59. The van der Waals surface area contributed by atoms with Crippen molar-refractivity contribution in [1.82, 2.24) is 10.3 Å². The third-order valence-electron chi connectivity index (χ3n) is 3.48. The highest BCUT2D eigenvalue weighted by molar-refractivity contribution is 6.30. The van der Waals surface area contributed by atoms with Gasteiger partial charge >= 0.3 is 0 Å². The average molecular weight is 319 g/mol. The second-order valence-electron chi connectivity index (χ2n) is 5.49. The monoisotopic (exact) mass is 318 g/mol. The van der Waals surface area contributed by atoms with Gasteiger partial charge in [-0.25, -0.2) is 0 Å². The molecule has 1 aromatic heterocycles. The third-order valence-corrected chi connectivity index (χ3v) is 3.93. The van der Waals surface area contributed by atoms with Gasteiger partial charge in [0.05, 0.1) is 12.6 Å². The van der Waals surface area contributed by atoms with Gasteiger partial charge in [-0.1, -0.05) is 12.1 Å². The van der Waals surface area contributed by atoms with Crippen molar-refractivity contribution in [2.45, 2.75) is 24.8 Å². The van der Waals surface area contributed by atoms with Crippen LogP contribution in [0.5, 0.6) is 5.75 Å². The molecule has 0 aliphatic heterocycles. The fraction of sp³-hybridized carbons (Fsp3) is 0.294. The van der Waals surface area contributed by atoms with Crippen LogP contribution in [0, 0.1) is 0 Å². The number of hydrogen-bond acceptors (Lipinski definition) is 3. The number of hydrogen-bond donors (Lipinski definition) is 1. The Bertz CT molecular complexity index is 627. The number of benzene rings is 1. The van der Waals surface area contributed by atoms with E-state index < -0.39 is 10.9 Å². The lowest BCUT2D eigenvalue weighted by Gasteiger charge is -2.28. The Morgan fingerprint density at radius 2 is 1.77 bits per heavy atom. The first-order chi connectivity index (χ1) is 10.4. The Hall–Kier alpha value is -2.07. The van der Waals surface area contributed by atoms with Crippen LogP contribution in [0.15, 0.2) is 48.8 Å². The van der Waals surface area contributed by atoms with E-state index in [0.717, 1.165) is 16.9 Å². The third kappa shape index (κ3) is 3.77. The first-order valence-electron chi connectivity index (χ1n) is 6.94. The molecule has 116 valence electrons. The number of rotatable bonds is 5. The average Bonchev–Trinajstić information content (AvgIpc) is 2.54. The van der Waals surface area contributed by atoms with Crippen molar-refractivity contribution in [2.75, 3.05) is 7.11 Å². The van der Waals surface area contributed by atoms with Gasteiger partial charge in [-0.05, 0) is 49.2 Å². The van der Waals surface area contributed by atoms with Gasteiger partial charge in [0, 0.05) is 12.4 Å². The smallest absolute Gasteiger partial charge is 0.243 e. The van der Waals surface area contributed by atoms with Crippen LogP contribution in [0.3, 0.4) is 0 Å². The van der Waals surface area contributed by atoms with Crippen molar-refractivity contribution in [3.8, 4) is 5.75 Å². The maximum atomic E-state index is 12.4. The number of halogens is 1. The lowest BCUT2D eigenvalue weighted by atomic mass is 9.95. The Labute approximate surface area is 135 Å². The molecular weight excluding hydrogens is 300 g/mol. The number of amides is 1. The second-order valence-corrected chi connectivity index (χ2v) is 5.92. The van der Waals surface area contributed by atoms with Gasteiger partial charge in [0.15, 0.2) is 0 Å². The number of nitrogens with zero attached hydrogens (tertiary/aromatic N) is 1. The summed E-state index contributed by atoms with van der Waals surface area (Å²) in [6.45, 7) is 3.86. The van der Waals surface area contributed by atoms with Gasteiger partial charge in [0.1, 0.15) is 11.1 Å². The first-order valence-corrected chi connectivity index (χ1v) is 7.38. The molecule has 2 aromatic rings. The van der Waals surface area contributed by atoms with E-state index >= 15 is 0 Å². The molecule has 0 saturated heterocycles. The fourth-order valence-corrected chi connectivity index (χ4v) is 2.34. The molecule has 2 rings (SSSR count). The Kier molecular flexibility index (Phi) is 5.03. The van der Waals surface area contributed by atoms with E-state index in [1.165, 1.54) is 0 Å². The van der Waals surface area contributed by atoms with Gasteiger partial charge in [0.25, 0.3) is 0 Å². The van der Waals surface area contributed by atoms with Gasteiger partial charge in [-0.15, -0.1) is 11.6 Å². The zero-order chi connectivity index (χ0) is 16.2. The molecule has 1 atom stereocenters. The van der Waals surface area contributed by atoms with Gasteiger partial charge < -0.3 is 10.1 Å². The van der Waals surface area contributed by atoms with Crippen LogP contribution >= 0.6 is 11.6 Å². The van der Waals surface area contributed by atoms with Crippen LogP contribution in [0.1, 0.15) is 30.4 Å². The predicted octanol–water partition coefficient (Wildman–Crippen LogP) is 3.42. The molecule has 0 aliphatic rings. The van der Waals surface area contributed by atoms with Crippen molar-refractivity contribution in [1.29, 1.82) is 0 Å². The van der Waals surface area contributed by atoms with Gasteiger partial charge in [-0.3, -0.25) is 9.78 Å². The Balaban J connectivity index is 2.10. The minimum atomic E-state index is -0.757. The molecule has 22 heavy (non-hydrogen) atoms. The highest BCUT2D eigenvalue weighted by Crippen LogP contribution is 2.26. The number of aromatic nitrogens is 1. The number of nitrogens with one attached hydrogen (secondary N) is 1. The molecule has 0 radical (unpaired) electrons. The molecule has 0 spiro atoms. The summed E-state index contributed by atoms with van der Waals surface area (Å²) in [5, 5.41) is 2.21. The number of ether oxygens (including phenoxy) is 1. The van der Waals surface area contributed by atoms with Crippen molar-refractivity contribution in [3.63, 3.8) is 0 Å². The normalized spacial score (nSPS) is 12.5. The van der Waals surface area contributed by atoms with E-state index in [9.17, 15) is 4.79 Å². The molecule has 1 heterocycles. The van der Waals surface area contributed by atoms with E-state index in [2.05, 4.69) is 10.3 Å². The quantitative estimate of drug-likeness (QED) is 0.859. The van der Waals surface area contributed by atoms with E-state index in [0.29, 0.717) is 0 Å². The summed E-state index contributed by atoms with van der Waals surface area (Å²) in [5.41, 5.74) is 1.17. The SMILES string of the molecule is COc1ccc(C(Cl)C(=O)NC(C)(C)c2ccncc2)cc1. The number of alkyl halides is 1. The van der Waals surface area contributed by atoms with E-state index in [1.807, 2.05) is 26.0 Å². The van der Waals surface area contributed by atoms with Crippen molar-refractivity contribution >= 4 is 17.5 Å². The molecule has 1 aromatic carbocycles. The van der Waals surface area contributed by atoms with Crippen LogP contribution in [0.25, 0.3) is 0 Å². The second kappa shape index (κ2) is 6.79. The lowest BCUT2D eigenvalue weighted by molar-refractivity contribution is -0.122. The minimum Gasteiger partial charge on any atom is -0.497 e. The van der Waals surface area contributed by atoms with Crippen LogP contribution < -0.4 is 10.1 Å². The summed E-state index contributed by atoms with van der Waals surface area (Å²) >= 11 is 6.28. The summed E-state index contributed by atoms with van der Waals surface area (Å²) in [6, 6.07) is 10.9. The first kappa shape index (κ1) is 16.3. The maximum absolute atomic E-state index is 12.4. The molecular formula is C17H19ClN2O2. The van der Waals surface area contributed by atoms with Crippen LogP contribution in [0.2, 0.25) is 0 Å². The molecule has 1 N–H and O–H groups in total. The molecule has 1 unspecified atom stereocenters. The van der Waals surface area contributed by atoms with Crippen molar-refractivity contribution < 1.29 is 9.53 Å². The van der Waals surface area contributed by atoms with Crippen LogP contribution in [-0.4, -0.2) is 18.0 Å². The molecule has 1 amide bonds. The fourth-order valence-electron chi connectivity index (χ4n) is 2.14. The predicted molar refractivity (Wildman–Crippen MR) is 87.0 cm³/mol. The molecule has 0 fully saturated rings. The standard InChI is InChI=1S/C17H19ClN2O2/c1-17(2,13-8-10-19-11-9-13)20-16(21)15(18)12-4-6-14(22-3)7-5-12/h4-11,15H,1-3H3,(H,20,21). The number of pyridine rings is 1. The van der Waals surface area contributed by atoms with E-state index in [-0.39, 0.29) is 5.91 Å². The lowest BCUT2D eigenvalue weighted by Crippen LogP contribution is -2.42. The highest BCUT2D eigenvalue weighted by atomic mass is 35.5. The van der Waals surface area contributed by atoms with Crippen molar-refractivity contribution in [3.05, 3.63) is 59.9 Å². The maximum Gasteiger partial charge on any atom is 0.243 e. The number of carbonyl (C=O) groups is 1. The molecule has 0 aliphatic carbocycles. The highest BCUT2D eigenvalue weighted by Gasteiger charge is 2.27. The number of carbonyl (C=O) groups excluding carboxylic acids is 1. The summed E-state index contributed by atoms with van der Waals surface area (Å²) in [4.78, 5) is 16.4.